The van der Waals surface area contributed by atoms with E-state index in [1.54, 1.807) is 0 Å². The van der Waals surface area contributed by atoms with Gasteiger partial charge in [0.2, 0.25) is 0 Å². The minimum Gasteiger partial charge on any atom is -0.377 e. The summed E-state index contributed by atoms with van der Waals surface area (Å²) in [5.41, 5.74) is 0.707. The zero-order chi connectivity index (χ0) is 13.8. The minimum atomic E-state index is 0.0754. The molecule has 19 heavy (non-hydrogen) atoms. The number of hydrogen-bond donors (Lipinski definition) is 0. The molecule has 1 aromatic rings. The molecule has 1 amide bonds. The fourth-order valence-electron chi connectivity index (χ4n) is 2.35. The van der Waals surface area contributed by atoms with Crippen molar-refractivity contribution >= 4 is 37.8 Å². The quantitative estimate of drug-likeness (QED) is 0.784. The summed E-state index contributed by atoms with van der Waals surface area (Å²) in [6.45, 7) is 4.20. The molecule has 0 N–H and O–H groups in total. The molecule has 0 bridgehead atoms. The number of carbonyl (C=O) groups is 1. The lowest BCUT2D eigenvalue weighted by Crippen LogP contribution is -2.43. The van der Waals surface area contributed by atoms with Crippen molar-refractivity contribution in [1.82, 2.24) is 4.90 Å². The molecule has 1 aliphatic heterocycles. The molecule has 1 aliphatic rings. The third-order valence-corrected chi connectivity index (χ3v) is 4.09. The van der Waals surface area contributed by atoms with E-state index < -0.39 is 0 Å². The Morgan fingerprint density at radius 1 is 1.37 bits per heavy atom. The van der Waals surface area contributed by atoms with Gasteiger partial charge in [-0.15, -0.1) is 0 Å². The predicted octanol–water partition coefficient (Wildman–Crippen LogP) is 3.85. The smallest absolute Gasteiger partial charge is 0.254 e. The van der Waals surface area contributed by atoms with Gasteiger partial charge < -0.3 is 9.64 Å². The summed E-state index contributed by atoms with van der Waals surface area (Å²) in [4.78, 5) is 14.4. The minimum absolute atomic E-state index is 0.0754. The molecule has 0 radical (unpaired) electrons. The van der Waals surface area contributed by atoms with Gasteiger partial charge >= 0.3 is 0 Å². The summed E-state index contributed by atoms with van der Waals surface area (Å²) in [6, 6.07) is 5.64. The molecule has 0 aromatic heterocycles. The maximum Gasteiger partial charge on any atom is 0.254 e. The average molecular weight is 391 g/mol. The van der Waals surface area contributed by atoms with E-state index in [0.29, 0.717) is 18.7 Å². The summed E-state index contributed by atoms with van der Waals surface area (Å²) in [5.74, 6) is 0.0754. The molecule has 3 nitrogen and oxygen atoms in total. The SMILES string of the molecule is CCOC1CCCN(C(=O)c2cc(Br)cc(Br)c2)C1. The number of nitrogens with zero attached hydrogens (tertiary/aromatic N) is 1. The molecule has 104 valence electrons. The van der Waals surface area contributed by atoms with Crippen LogP contribution in [0.3, 0.4) is 0 Å². The Labute approximate surface area is 130 Å². The highest BCUT2D eigenvalue weighted by Crippen LogP contribution is 2.22. The standard InChI is InChI=1S/C14H17Br2NO2/c1-2-19-13-4-3-5-17(9-13)14(18)10-6-11(15)8-12(16)7-10/h6-8,13H,2-5,9H2,1H3. The van der Waals surface area contributed by atoms with Crippen molar-refractivity contribution < 1.29 is 9.53 Å². The van der Waals surface area contributed by atoms with Gasteiger partial charge in [0.25, 0.3) is 5.91 Å². The second-order valence-electron chi connectivity index (χ2n) is 4.63. The average Bonchev–Trinajstić information content (AvgIpc) is 2.37. The van der Waals surface area contributed by atoms with E-state index in [1.807, 2.05) is 30.0 Å². The van der Waals surface area contributed by atoms with Crippen LogP contribution in [0.5, 0.6) is 0 Å². The summed E-state index contributed by atoms with van der Waals surface area (Å²) >= 11 is 6.83. The van der Waals surface area contributed by atoms with Crippen LogP contribution in [0.15, 0.2) is 27.1 Å². The number of carbonyl (C=O) groups excluding carboxylic acids is 1. The predicted molar refractivity (Wildman–Crippen MR) is 82.4 cm³/mol. The Hall–Kier alpha value is -0.390. The lowest BCUT2D eigenvalue weighted by Gasteiger charge is -2.32. The molecule has 0 spiro atoms. The van der Waals surface area contributed by atoms with Crippen LogP contribution in [0.25, 0.3) is 0 Å². The van der Waals surface area contributed by atoms with E-state index in [1.165, 1.54) is 0 Å². The molecule has 2 rings (SSSR count). The highest BCUT2D eigenvalue weighted by atomic mass is 79.9. The van der Waals surface area contributed by atoms with Crippen LogP contribution in [0.1, 0.15) is 30.1 Å². The third-order valence-electron chi connectivity index (χ3n) is 3.18. The van der Waals surface area contributed by atoms with Gasteiger partial charge in [0.1, 0.15) is 0 Å². The first kappa shape index (κ1) is 15.0. The number of rotatable bonds is 3. The monoisotopic (exact) mass is 389 g/mol. The lowest BCUT2D eigenvalue weighted by molar-refractivity contribution is 0.00724. The second-order valence-corrected chi connectivity index (χ2v) is 6.46. The van der Waals surface area contributed by atoms with Crippen LogP contribution in [0.2, 0.25) is 0 Å². The Morgan fingerprint density at radius 3 is 2.68 bits per heavy atom. The number of hydrogen-bond acceptors (Lipinski definition) is 2. The molecular weight excluding hydrogens is 374 g/mol. The molecule has 1 fully saturated rings. The van der Waals surface area contributed by atoms with Crippen molar-refractivity contribution in [2.45, 2.75) is 25.9 Å². The van der Waals surface area contributed by atoms with Crippen molar-refractivity contribution in [3.8, 4) is 0 Å². The molecule has 0 saturated carbocycles. The number of ether oxygens (including phenoxy) is 1. The van der Waals surface area contributed by atoms with Gasteiger partial charge in [0, 0.05) is 34.2 Å². The fourth-order valence-corrected chi connectivity index (χ4v) is 3.65. The van der Waals surface area contributed by atoms with Gasteiger partial charge in [-0.2, -0.15) is 0 Å². The van der Waals surface area contributed by atoms with Gasteiger partial charge in [-0.3, -0.25) is 4.79 Å². The molecule has 5 heteroatoms. The zero-order valence-electron chi connectivity index (χ0n) is 10.9. The highest BCUT2D eigenvalue weighted by Gasteiger charge is 2.24. The van der Waals surface area contributed by atoms with Crippen LogP contribution < -0.4 is 0 Å². The van der Waals surface area contributed by atoms with E-state index in [2.05, 4.69) is 31.9 Å². The first-order valence-electron chi connectivity index (χ1n) is 6.47. The second kappa shape index (κ2) is 6.86. The molecule has 1 unspecified atom stereocenters. The van der Waals surface area contributed by atoms with Crippen molar-refractivity contribution in [2.75, 3.05) is 19.7 Å². The van der Waals surface area contributed by atoms with Crippen LogP contribution in [-0.2, 0) is 4.74 Å². The number of benzene rings is 1. The van der Waals surface area contributed by atoms with E-state index in [9.17, 15) is 4.79 Å². The van der Waals surface area contributed by atoms with Crippen molar-refractivity contribution in [2.24, 2.45) is 0 Å². The Balaban J connectivity index is 2.10. The number of piperidine rings is 1. The largest absolute Gasteiger partial charge is 0.377 e. The lowest BCUT2D eigenvalue weighted by atomic mass is 10.1. The Morgan fingerprint density at radius 2 is 2.05 bits per heavy atom. The van der Waals surface area contributed by atoms with Crippen molar-refractivity contribution in [3.05, 3.63) is 32.7 Å². The van der Waals surface area contributed by atoms with Crippen molar-refractivity contribution in [1.29, 1.82) is 0 Å². The maximum absolute atomic E-state index is 12.5. The van der Waals surface area contributed by atoms with E-state index in [-0.39, 0.29) is 12.0 Å². The summed E-state index contributed by atoms with van der Waals surface area (Å²) in [6.07, 6.45) is 2.23. The third kappa shape index (κ3) is 4.04. The summed E-state index contributed by atoms with van der Waals surface area (Å²) < 4.78 is 7.45. The summed E-state index contributed by atoms with van der Waals surface area (Å²) in [7, 11) is 0. The van der Waals surface area contributed by atoms with Gasteiger partial charge in [-0.1, -0.05) is 31.9 Å². The first-order valence-corrected chi connectivity index (χ1v) is 8.05. The summed E-state index contributed by atoms with van der Waals surface area (Å²) in [5, 5.41) is 0. The van der Waals surface area contributed by atoms with Gasteiger partial charge in [-0.25, -0.2) is 0 Å². The fraction of sp³-hybridized carbons (Fsp3) is 0.500. The molecule has 1 heterocycles. The zero-order valence-corrected chi connectivity index (χ0v) is 14.0. The molecule has 1 saturated heterocycles. The molecule has 1 aromatic carbocycles. The molecular formula is C14H17Br2NO2. The van der Waals surface area contributed by atoms with Crippen LogP contribution in [0.4, 0.5) is 0 Å². The topological polar surface area (TPSA) is 29.5 Å². The number of amides is 1. The highest BCUT2D eigenvalue weighted by molar-refractivity contribution is 9.11. The molecule has 0 aliphatic carbocycles. The van der Waals surface area contributed by atoms with E-state index >= 15 is 0 Å². The number of likely N-dealkylation sites (tertiary alicyclic amines) is 1. The van der Waals surface area contributed by atoms with Crippen LogP contribution >= 0.6 is 31.9 Å². The van der Waals surface area contributed by atoms with Gasteiger partial charge in [-0.05, 0) is 38.0 Å². The van der Waals surface area contributed by atoms with Gasteiger partial charge in [0.15, 0.2) is 0 Å². The Bertz CT molecular complexity index is 443. The Kier molecular flexibility index (Phi) is 5.42. The van der Waals surface area contributed by atoms with Gasteiger partial charge in [0.05, 0.1) is 6.10 Å². The van der Waals surface area contributed by atoms with E-state index in [0.717, 1.165) is 28.3 Å². The van der Waals surface area contributed by atoms with Crippen LogP contribution in [0, 0.1) is 0 Å². The normalized spacial score (nSPS) is 19.5. The van der Waals surface area contributed by atoms with Crippen molar-refractivity contribution in [3.63, 3.8) is 0 Å². The van der Waals surface area contributed by atoms with E-state index in [4.69, 9.17) is 4.74 Å². The first-order chi connectivity index (χ1) is 9.10. The molecule has 1 atom stereocenters. The van der Waals surface area contributed by atoms with Crippen LogP contribution in [-0.4, -0.2) is 36.6 Å². The maximum atomic E-state index is 12.5. The number of halogens is 2.